The number of para-hydroxylation sites is 3. The van der Waals surface area contributed by atoms with E-state index >= 15 is 0 Å². The fourth-order valence-electron chi connectivity index (χ4n) is 7.16. The van der Waals surface area contributed by atoms with Crippen LogP contribution in [0.25, 0.3) is 86.5 Å². The minimum atomic E-state index is 0.975. The molecular weight excluding hydrogens is 569 g/mol. The van der Waals surface area contributed by atoms with Crippen LogP contribution >= 0.6 is 11.3 Å². The van der Waals surface area contributed by atoms with E-state index in [0.29, 0.717) is 0 Å². The van der Waals surface area contributed by atoms with Crippen LogP contribution in [-0.4, -0.2) is 19.1 Å². The molecular formula is C40H24N4S. The second kappa shape index (κ2) is 9.36. The third-order valence-corrected chi connectivity index (χ3v) is 10.2. The summed E-state index contributed by atoms with van der Waals surface area (Å²) in [5.74, 6) is 0. The number of benzene rings is 6. The van der Waals surface area contributed by atoms with Crippen molar-refractivity contribution < 1.29 is 0 Å². The van der Waals surface area contributed by atoms with Crippen molar-refractivity contribution in [3.8, 4) is 22.6 Å². The highest BCUT2D eigenvalue weighted by atomic mass is 32.1. The van der Waals surface area contributed by atoms with E-state index in [9.17, 15) is 0 Å². The highest BCUT2D eigenvalue weighted by molar-refractivity contribution is 7.26. The van der Waals surface area contributed by atoms with E-state index in [0.717, 1.165) is 32.8 Å². The van der Waals surface area contributed by atoms with E-state index in [2.05, 4.69) is 149 Å². The molecule has 0 aliphatic heterocycles. The van der Waals surface area contributed by atoms with E-state index in [1.54, 1.807) is 17.7 Å². The highest BCUT2D eigenvalue weighted by Gasteiger charge is 2.21. The first kappa shape index (κ1) is 24.6. The van der Waals surface area contributed by atoms with Crippen molar-refractivity contribution in [2.45, 2.75) is 0 Å². The summed E-state index contributed by atoms with van der Waals surface area (Å²) in [5.41, 5.74) is 10.1. The van der Waals surface area contributed by atoms with Crippen molar-refractivity contribution in [2.24, 2.45) is 0 Å². The maximum atomic E-state index is 4.87. The molecule has 4 heterocycles. The number of thiophene rings is 1. The first-order valence-electron chi connectivity index (χ1n) is 15.1. The number of fused-ring (bicyclic) bond motifs is 10. The minimum Gasteiger partial charge on any atom is -0.309 e. The normalized spacial score (nSPS) is 12.0. The Kier molecular flexibility index (Phi) is 5.12. The molecule has 5 heteroatoms. The van der Waals surface area contributed by atoms with Gasteiger partial charge in [0.15, 0.2) is 0 Å². The zero-order valence-electron chi connectivity index (χ0n) is 24.1. The molecule has 0 atom stereocenters. The molecule has 210 valence electrons. The van der Waals surface area contributed by atoms with Crippen LogP contribution in [0.4, 0.5) is 0 Å². The van der Waals surface area contributed by atoms with Gasteiger partial charge in [0.25, 0.3) is 0 Å². The van der Waals surface area contributed by atoms with Gasteiger partial charge in [0.1, 0.15) is 6.33 Å². The average molecular weight is 593 g/mol. The fourth-order valence-corrected chi connectivity index (χ4v) is 8.32. The zero-order valence-corrected chi connectivity index (χ0v) is 24.9. The third kappa shape index (κ3) is 3.47. The molecule has 6 aromatic carbocycles. The van der Waals surface area contributed by atoms with E-state index in [1.165, 1.54) is 53.7 Å². The van der Waals surface area contributed by atoms with Crippen molar-refractivity contribution in [1.82, 2.24) is 19.1 Å². The molecule has 0 N–H and O–H groups in total. The second-order valence-electron chi connectivity index (χ2n) is 11.4. The molecule has 0 saturated heterocycles. The maximum Gasteiger partial charge on any atom is 0.116 e. The predicted molar refractivity (Wildman–Crippen MR) is 189 cm³/mol. The number of aromatic nitrogens is 4. The van der Waals surface area contributed by atoms with Crippen LogP contribution in [0.1, 0.15) is 0 Å². The summed E-state index contributed by atoms with van der Waals surface area (Å²) in [6.07, 6.45) is 1.71. The lowest BCUT2D eigenvalue weighted by Crippen LogP contribution is -1.94. The molecule has 0 unspecified atom stereocenters. The van der Waals surface area contributed by atoms with Crippen molar-refractivity contribution in [1.29, 1.82) is 0 Å². The summed E-state index contributed by atoms with van der Waals surface area (Å²) in [7, 11) is 0. The number of hydrogen-bond acceptors (Lipinski definition) is 3. The van der Waals surface area contributed by atoms with E-state index in [-0.39, 0.29) is 0 Å². The van der Waals surface area contributed by atoms with Gasteiger partial charge in [-0.2, -0.15) is 0 Å². The first-order chi connectivity index (χ1) is 22.3. The molecule has 0 spiro atoms. The van der Waals surface area contributed by atoms with Crippen LogP contribution in [0.2, 0.25) is 0 Å². The predicted octanol–water partition coefficient (Wildman–Crippen LogP) is 10.7. The van der Waals surface area contributed by atoms with Gasteiger partial charge in [0, 0.05) is 48.6 Å². The molecule has 45 heavy (non-hydrogen) atoms. The van der Waals surface area contributed by atoms with Crippen molar-refractivity contribution in [3.05, 3.63) is 146 Å². The Labute approximate surface area is 262 Å². The molecule has 0 saturated carbocycles. The molecule has 0 bridgehead atoms. The Morgan fingerprint density at radius 2 is 1.04 bits per heavy atom. The van der Waals surface area contributed by atoms with Gasteiger partial charge in [-0.25, -0.2) is 9.97 Å². The van der Waals surface area contributed by atoms with Crippen LogP contribution in [0.3, 0.4) is 0 Å². The smallest absolute Gasteiger partial charge is 0.116 e. The van der Waals surface area contributed by atoms with Gasteiger partial charge in [0.05, 0.1) is 38.0 Å². The minimum absolute atomic E-state index is 0.975. The number of rotatable bonds is 3. The lowest BCUT2D eigenvalue weighted by Gasteiger charge is -2.09. The third-order valence-electron chi connectivity index (χ3n) is 9.02. The van der Waals surface area contributed by atoms with E-state index in [1.807, 2.05) is 0 Å². The van der Waals surface area contributed by atoms with Gasteiger partial charge in [-0.05, 0) is 60.7 Å². The van der Waals surface area contributed by atoms with Crippen LogP contribution in [0, 0.1) is 0 Å². The van der Waals surface area contributed by atoms with Crippen LogP contribution in [0.5, 0.6) is 0 Å². The van der Waals surface area contributed by atoms with Crippen LogP contribution in [-0.2, 0) is 0 Å². The molecule has 4 aromatic heterocycles. The molecule has 10 rings (SSSR count). The summed E-state index contributed by atoms with van der Waals surface area (Å²) in [6, 6.07) is 50.0. The van der Waals surface area contributed by atoms with Crippen molar-refractivity contribution in [2.75, 3.05) is 0 Å². The van der Waals surface area contributed by atoms with Gasteiger partial charge in [-0.3, -0.25) is 0 Å². The van der Waals surface area contributed by atoms with Gasteiger partial charge < -0.3 is 9.13 Å². The average Bonchev–Trinajstić information content (AvgIpc) is 3.76. The lowest BCUT2D eigenvalue weighted by atomic mass is 10.0. The first-order valence-corrected chi connectivity index (χ1v) is 15.9. The lowest BCUT2D eigenvalue weighted by molar-refractivity contribution is 1.17. The molecule has 0 amide bonds. The molecule has 10 aromatic rings. The number of hydrogen-bond donors (Lipinski definition) is 0. The molecule has 0 aliphatic rings. The Morgan fingerprint density at radius 3 is 1.78 bits per heavy atom. The van der Waals surface area contributed by atoms with E-state index < -0.39 is 0 Å². The fraction of sp³-hybridized carbons (Fsp3) is 0. The summed E-state index contributed by atoms with van der Waals surface area (Å²) >= 11 is 1.77. The Bertz CT molecular complexity index is 2750. The molecule has 4 nitrogen and oxygen atoms in total. The maximum absolute atomic E-state index is 4.87. The quantitative estimate of drug-likeness (QED) is 0.205. The summed E-state index contributed by atoms with van der Waals surface area (Å²) < 4.78 is 7.14. The van der Waals surface area contributed by atoms with E-state index in [4.69, 9.17) is 9.97 Å². The van der Waals surface area contributed by atoms with Crippen molar-refractivity contribution >= 4 is 75.3 Å². The standard InChI is InChI=1S/C40H24N4S/c1-3-11-26(12-4-1)43-31-17-9-7-15-28(31)36-33(43)21-22-34-37(36)30-23-25(19-20-32(30)44(34)27-13-5-2-6-14-27)38-40-39(42-24-41-38)29-16-8-10-18-35(29)45-40/h1-24H. The molecule has 0 fully saturated rings. The Balaban J connectivity index is 1.37. The monoisotopic (exact) mass is 592 g/mol. The van der Waals surface area contributed by atoms with Crippen LogP contribution in [0.15, 0.2) is 146 Å². The van der Waals surface area contributed by atoms with Gasteiger partial charge in [-0.1, -0.05) is 78.9 Å². The molecule has 0 radical (unpaired) electrons. The Morgan fingerprint density at radius 1 is 0.467 bits per heavy atom. The second-order valence-corrected chi connectivity index (χ2v) is 12.5. The van der Waals surface area contributed by atoms with Gasteiger partial charge in [-0.15, -0.1) is 11.3 Å². The number of nitrogens with zero attached hydrogens (tertiary/aromatic N) is 4. The highest BCUT2D eigenvalue weighted by Crippen LogP contribution is 2.44. The molecule has 0 aliphatic carbocycles. The summed E-state index contributed by atoms with van der Waals surface area (Å²) in [4.78, 5) is 9.58. The SMILES string of the molecule is c1ccc(-n2c3ccccc3c3c4c5cc(-c6ncnc7c6sc6ccccc67)ccc5n(-c5ccccc5)c4ccc32)cc1. The summed E-state index contributed by atoms with van der Waals surface area (Å²) in [6.45, 7) is 0. The van der Waals surface area contributed by atoms with Crippen LogP contribution < -0.4 is 0 Å². The zero-order chi connectivity index (χ0) is 29.5. The van der Waals surface area contributed by atoms with Gasteiger partial charge >= 0.3 is 0 Å². The largest absolute Gasteiger partial charge is 0.309 e. The topological polar surface area (TPSA) is 35.6 Å². The van der Waals surface area contributed by atoms with Crippen molar-refractivity contribution in [3.63, 3.8) is 0 Å². The Hall–Kier alpha value is -5.78. The summed E-state index contributed by atoms with van der Waals surface area (Å²) in [5, 5.41) is 6.15. The van der Waals surface area contributed by atoms with Gasteiger partial charge in [0.2, 0.25) is 0 Å².